The Labute approximate surface area is 169 Å². The zero-order valence-electron chi connectivity index (χ0n) is 15.6. The second kappa shape index (κ2) is 8.57. The Morgan fingerprint density at radius 1 is 1.14 bits per heavy atom. The summed E-state index contributed by atoms with van der Waals surface area (Å²) in [5.74, 6) is -2.10. The summed E-state index contributed by atoms with van der Waals surface area (Å²) in [5, 5.41) is 2.83. The fourth-order valence-electron chi connectivity index (χ4n) is 2.70. The molecule has 3 rings (SSSR count). The van der Waals surface area contributed by atoms with Gasteiger partial charge in [0.15, 0.2) is 11.6 Å². The van der Waals surface area contributed by atoms with Crippen LogP contribution in [0.2, 0.25) is 5.02 Å². The van der Waals surface area contributed by atoms with Crippen LogP contribution < -0.4 is 15.6 Å². The van der Waals surface area contributed by atoms with E-state index in [1.165, 1.54) is 34.9 Å². The van der Waals surface area contributed by atoms with Crippen LogP contribution in [0.25, 0.3) is 0 Å². The van der Waals surface area contributed by atoms with E-state index in [1.807, 2.05) is 0 Å². The van der Waals surface area contributed by atoms with Crippen molar-refractivity contribution in [1.82, 2.24) is 9.55 Å². The third-order valence-corrected chi connectivity index (χ3v) is 4.40. The largest absolute Gasteiger partial charge is 0.491 e. The van der Waals surface area contributed by atoms with Crippen LogP contribution in [-0.2, 0) is 6.54 Å². The number of benzene rings is 2. The molecule has 1 N–H and O–H groups in total. The molecule has 0 aliphatic rings. The lowest BCUT2D eigenvalue weighted by Crippen LogP contribution is -2.20. The number of anilines is 2. The van der Waals surface area contributed by atoms with Crippen molar-refractivity contribution in [3.63, 3.8) is 0 Å². The first-order valence-electron chi connectivity index (χ1n) is 8.69. The second-order valence-electron chi connectivity index (χ2n) is 6.25. The number of ether oxygens (including phenoxy) is 1. The van der Waals surface area contributed by atoms with E-state index in [0.717, 1.165) is 6.20 Å². The molecule has 29 heavy (non-hydrogen) atoms. The highest BCUT2D eigenvalue weighted by atomic mass is 35.5. The van der Waals surface area contributed by atoms with Crippen molar-refractivity contribution in [3.05, 3.63) is 80.5 Å². The van der Waals surface area contributed by atoms with E-state index in [9.17, 15) is 18.0 Å². The summed E-state index contributed by atoms with van der Waals surface area (Å²) >= 11 is 5.80. The molecular formula is C20H17ClF3N3O2. The summed E-state index contributed by atoms with van der Waals surface area (Å²) in [6.45, 7) is 3.71. The summed E-state index contributed by atoms with van der Waals surface area (Å²) in [5.41, 5.74) is 0.473. The zero-order chi connectivity index (χ0) is 21.1. The van der Waals surface area contributed by atoms with Crippen LogP contribution in [0.4, 0.5) is 24.8 Å². The van der Waals surface area contributed by atoms with Gasteiger partial charge < -0.3 is 14.6 Å². The maximum absolute atomic E-state index is 14.0. The van der Waals surface area contributed by atoms with Gasteiger partial charge in [-0.3, -0.25) is 4.79 Å². The van der Waals surface area contributed by atoms with Gasteiger partial charge in [-0.2, -0.15) is 9.37 Å². The number of halogens is 4. The molecule has 0 fully saturated rings. The minimum Gasteiger partial charge on any atom is -0.491 e. The van der Waals surface area contributed by atoms with Crippen molar-refractivity contribution in [2.75, 3.05) is 11.9 Å². The fraction of sp³-hybridized carbons (Fsp3) is 0.200. The van der Waals surface area contributed by atoms with E-state index in [2.05, 4.69) is 10.3 Å². The van der Waals surface area contributed by atoms with E-state index < -0.39 is 23.0 Å². The second-order valence-corrected chi connectivity index (χ2v) is 6.66. The number of hydrogen-bond donors (Lipinski definition) is 1. The molecule has 0 amide bonds. The van der Waals surface area contributed by atoms with Crippen LogP contribution in [0.15, 0.2) is 41.3 Å². The predicted molar refractivity (Wildman–Crippen MR) is 105 cm³/mol. The van der Waals surface area contributed by atoms with Crippen molar-refractivity contribution >= 4 is 23.2 Å². The first-order chi connectivity index (χ1) is 13.8. The van der Waals surface area contributed by atoms with Crippen LogP contribution in [0.5, 0.6) is 5.75 Å². The Balaban J connectivity index is 2.01. The Morgan fingerprint density at radius 2 is 1.90 bits per heavy atom. The van der Waals surface area contributed by atoms with Gasteiger partial charge in [-0.1, -0.05) is 17.7 Å². The molecule has 0 saturated heterocycles. The maximum atomic E-state index is 14.0. The molecule has 0 aliphatic heterocycles. The average Bonchev–Trinajstić information content (AvgIpc) is 2.66. The first-order valence-corrected chi connectivity index (χ1v) is 9.07. The highest BCUT2D eigenvalue weighted by molar-refractivity contribution is 6.30. The van der Waals surface area contributed by atoms with Gasteiger partial charge in [0, 0.05) is 18.0 Å². The maximum Gasteiger partial charge on any atom is 0.310 e. The molecule has 0 saturated carbocycles. The molecule has 5 nitrogen and oxygen atoms in total. The van der Waals surface area contributed by atoms with E-state index in [0.29, 0.717) is 16.8 Å². The first kappa shape index (κ1) is 20.7. The van der Waals surface area contributed by atoms with Crippen molar-refractivity contribution in [2.24, 2.45) is 0 Å². The van der Waals surface area contributed by atoms with E-state index in [1.54, 1.807) is 13.8 Å². The number of aryl methyl sites for hydroxylation is 1. The molecule has 152 valence electrons. The van der Waals surface area contributed by atoms with E-state index >= 15 is 0 Å². The molecule has 0 unspecified atom stereocenters. The van der Waals surface area contributed by atoms with Crippen LogP contribution in [0.1, 0.15) is 18.1 Å². The molecule has 1 aromatic heterocycles. The lowest BCUT2D eigenvalue weighted by molar-refractivity contribution is 0.321. The van der Waals surface area contributed by atoms with E-state index in [-0.39, 0.29) is 29.9 Å². The molecule has 0 aliphatic carbocycles. The van der Waals surface area contributed by atoms with Crippen LogP contribution in [0.3, 0.4) is 0 Å². The monoisotopic (exact) mass is 423 g/mol. The van der Waals surface area contributed by atoms with Gasteiger partial charge in [0.1, 0.15) is 5.82 Å². The Kier molecular flexibility index (Phi) is 6.12. The predicted octanol–water partition coefficient (Wildman–Crippen LogP) is 4.81. The van der Waals surface area contributed by atoms with Gasteiger partial charge in [0.05, 0.1) is 18.2 Å². The summed E-state index contributed by atoms with van der Waals surface area (Å²) in [6, 6.07) is 6.78. The summed E-state index contributed by atoms with van der Waals surface area (Å²) in [6.07, 6.45) is 0.983. The Morgan fingerprint density at radius 3 is 2.59 bits per heavy atom. The molecule has 9 heteroatoms. The van der Waals surface area contributed by atoms with Gasteiger partial charge in [0.25, 0.3) is 0 Å². The topological polar surface area (TPSA) is 56.1 Å². The van der Waals surface area contributed by atoms with Crippen molar-refractivity contribution in [1.29, 1.82) is 0 Å². The van der Waals surface area contributed by atoms with Crippen molar-refractivity contribution in [3.8, 4) is 5.75 Å². The molecule has 2 aromatic carbocycles. The SMILES string of the molecule is CCOc1cc(Nc2nc(=O)c(F)cn2Cc2ccc(F)c(Cl)c2)c(C)cc1F. The lowest BCUT2D eigenvalue weighted by atomic mass is 10.2. The van der Waals surface area contributed by atoms with Crippen LogP contribution in [-0.4, -0.2) is 16.2 Å². The summed E-state index contributed by atoms with van der Waals surface area (Å²) in [7, 11) is 0. The summed E-state index contributed by atoms with van der Waals surface area (Å²) < 4.78 is 47.8. The summed E-state index contributed by atoms with van der Waals surface area (Å²) in [4.78, 5) is 15.5. The van der Waals surface area contributed by atoms with Gasteiger partial charge >= 0.3 is 5.56 Å². The fourth-order valence-corrected chi connectivity index (χ4v) is 2.90. The third-order valence-electron chi connectivity index (χ3n) is 4.12. The standard InChI is InChI=1S/C20H17ClF3N3O2/c1-3-29-18-8-17(11(2)6-15(18)23)25-20-26-19(28)16(24)10-27(20)9-12-4-5-14(22)13(21)7-12/h4-8,10H,3,9H2,1-2H3,(H,25,26,28). The minimum atomic E-state index is -1.05. The van der Waals surface area contributed by atoms with Gasteiger partial charge in [0.2, 0.25) is 11.8 Å². The number of hydrogen-bond acceptors (Lipinski definition) is 4. The molecular weight excluding hydrogens is 407 g/mol. The highest BCUT2D eigenvalue weighted by Gasteiger charge is 2.14. The van der Waals surface area contributed by atoms with Crippen LogP contribution in [0, 0.1) is 24.4 Å². The normalized spacial score (nSPS) is 10.8. The van der Waals surface area contributed by atoms with Crippen LogP contribution >= 0.6 is 11.6 Å². The number of rotatable bonds is 6. The molecule has 0 atom stereocenters. The Hall–Kier alpha value is -3.00. The van der Waals surface area contributed by atoms with Gasteiger partial charge in [-0.15, -0.1) is 0 Å². The minimum absolute atomic E-state index is 0.0222. The van der Waals surface area contributed by atoms with Gasteiger partial charge in [-0.05, 0) is 43.2 Å². The third kappa shape index (κ3) is 4.71. The zero-order valence-corrected chi connectivity index (χ0v) is 16.4. The average molecular weight is 424 g/mol. The lowest BCUT2D eigenvalue weighted by Gasteiger charge is -2.17. The molecule has 3 aromatic rings. The molecule has 0 bridgehead atoms. The number of nitrogens with zero attached hydrogens (tertiary/aromatic N) is 2. The highest BCUT2D eigenvalue weighted by Crippen LogP contribution is 2.28. The molecule has 0 spiro atoms. The molecule has 0 radical (unpaired) electrons. The van der Waals surface area contributed by atoms with Crippen molar-refractivity contribution in [2.45, 2.75) is 20.4 Å². The Bertz CT molecular complexity index is 1120. The quantitative estimate of drug-likeness (QED) is 0.618. The number of aromatic nitrogens is 2. The smallest absolute Gasteiger partial charge is 0.310 e. The van der Waals surface area contributed by atoms with Crippen molar-refractivity contribution < 1.29 is 17.9 Å². The number of nitrogens with one attached hydrogen (secondary N) is 1. The van der Waals surface area contributed by atoms with E-state index in [4.69, 9.17) is 16.3 Å². The molecule has 1 heterocycles. The van der Waals surface area contributed by atoms with Gasteiger partial charge in [-0.25, -0.2) is 8.78 Å².